The fourth-order valence-electron chi connectivity index (χ4n) is 4.20. The smallest absolute Gasteiger partial charge is 0.407 e. The molecule has 0 aromatic heterocycles. The van der Waals surface area contributed by atoms with Crippen molar-refractivity contribution in [2.45, 2.75) is 18.4 Å². The predicted molar refractivity (Wildman–Crippen MR) is 131 cm³/mol. The van der Waals surface area contributed by atoms with Gasteiger partial charge in [0, 0.05) is 17.7 Å². The molecule has 3 aromatic carbocycles. The van der Waals surface area contributed by atoms with E-state index in [1.807, 2.05) is 48.5 Å². The first-order valence-electron chi connectivity index (χ1n) is 11.0. The molecule has 0 fully saturated rings. The molecule has 3 aromatic rings. The average Bonchev–Trinajstić information content (AvgIpc) is 3.16. The number of carboxylic acid groups (broad SMARTS) is 1. The minimum atomic E-state index is -1.29. The lowest BCUT2D eigenvalue weighted by Crippen LogP contribution is -2.44. The van der Waals surface area contributed by atoms with Crippen molar-refractivity contribution in [2.75, 3.05) is 11.9 Å². The predicted octanol–water partition coefficient (Wildman–Crippen LogP) is 4.51. The Bertz CT molecular complexity index is 1260. The van der Waals surface area contributed by atoms with Gasteiger partial charge in [0.15, 0.2) is 0 Å². The van der Waals surface area contributed by atoms with Gasteiger partial charge < -0.3 is 25.6 Å². The van der Waals surface area contributed by atoms with Gasteiger partial charge in [-0.2, -0.15) is 0 Å². The molecule has 1 aliphatic carbocycles. The Morgan fingerprint density at radius 2 is 1.63 bits per heavy atom. The van der Waals surface area contributed by atoms with Crippen LogP contribution in [0.15, 0.2) is 79.4 Å². The Kier molecular flexibility index (Phi) is 6.82. The fourth-order valence-corrected chi connectivity index (χ4v) is 4.20. The second-order valence-electron chi connectivity index (χ2n) is 8.07. The molecule has 8 heteroatoms. The van der Waals surface area contributed by atoms with E-state index in [9.17, 15) is 19.5 Å². The van der Waals surface area contributed by atoms with E-state index in [2.05, 4.69) is 17.2 Å². The Morgan fingerprint density at radius 1 is 1.00 bits per heavy atom. The molecule has 0 radical (unpaired) electrons. The summed E-state index contributed by atoms with van der Waals surface area (Å²) in [6, 6.07) is 18.6. The standard InChI is InChI=1S/C27H24N2O6/c1-2-7-23(25(31)28-16-12-13-21(26(32)33)24(30)14-16)29-27(34)35-15-22-19-10-5-3-8-17(19)18-9-4-6-11-20(18)22/h2-6,8-14,22-23,30H,1,7,15H2,(H,28,31)(H,29,34)(H,32,33). The highest BCUT2D eigenvalue weighted by Crippen LogP contribution is 2.44. The molecule has 2 amide bonds. The number of hydrogen-bond acceptors (Lipinski definition) is 5. The zero-order valence-electron chi connectivity index (χ0n) is 18.7. The number of ether oxygens (including phenoxy) is 1. The van der Waals surface area contributed by atoms with Crippen molar-refractivity contribution in [2.24, 2.45) is 0 Å². The van der Waals surface area contributed by atoms with Crippen LogP contribution in [0.3, 0.4) is 0 Å². The number of carboxylic acids is 1. The summed E-state index contributed by atoms with van der Waals surface area (Å²) in [5.74, 6) is -2.46. The zero-order valence-corrected chi connectivity index (χ0v) is 18.7. The number of nitrogens with one attached hydrogen (secondary N) is 2. The number of fused-ring (bicyclic) bond motifs is 3. The molecule has 0 bridgehead atoms. The number of carbonyl (C=O) groups excluding carboxylic acids is 2. The molecule has 178 valence electrons. The van der Waals surface area contributed by atoms with Crippen LogP contribution in [0.5, 0.6) is 5.75 Å². The zero-order chi connectivity index (χ0) is 24.9. The fraction of sp³-hybridized carbons (Fsp3) is 0.148. The summed E-state index contributed by atoms with van der Waals surface area (Å²) in [7, 11) is 0. The molecule has 1 unspecified atom stereocenters. The van der Waals surface area contributed by atoms with Crippen LogP contribution in [-0.4, -0.2) is 40.8 Å². The monoisotopic (exact) mass is 472 g/mol. The van der Waals surface area contributed by atoms with Crippen molar-refractivity contribution in [3.63, 3.8) is 0 Å². The summed E-state index contributed by atoms with van der Waals surface area (Å²) in [6.45, 7) is 3.73. The number of anilines is 1. The maximum atomic E-state index is 12.7. The molecule has 0 heterocycles. The van der Waals surface area contributed by atoms with Gasteiger partial charge in [-0.3, -0.25) is 4.79 Å². The second kappa shape index (κ2) is 10.1. The highest BCUT2D eigenvalue weighted by Gasteiger charge is 2.29. The van der Waals surface area contributed by atoms with E-state index in [4.69, 9.17) is 9.84 Å². The number of aromatic hydroxyl groups is 1. The van der Waals surface area contributed by atoms with Crippen molar-refractivity contribution in [3.8, 4) is 16.9 Å². The van der Waals surface area contributed by atoms with Crippen LogP contribution >= 0.6 is 0 Å². The van der Waals surface area contributed by atoms with E-state index >= 15 is 0 Å². The average molecular weight is 472 g/mol. The van der Waals surface area contributed by atoms with Gasteiger partial charge in [-0.25, -0.2) is 9.59 Å². The molecule has 0 spiro atoms. The minimum absolute atomic E-state index is 0.104. The Morgan fingerprint density at radius 3 is 2.20 bits per heavy atom. The molecule has 0 aliphatic heterocycles. The first-order chi connectivity index (χ1) is 16.9. The molecule has 4 rings (SSSR count). The van der Waals surface area contributed by atoms with Crippen molar-refractivity contribution in [3.05, 3.63) is 96.1 Å². The van der Waals surface area contributed by atoms with Gasteiger partial charge in [0.2, 0.25) is 5.91 Å². The number of carbonyl (C=O) groups is 3. The number of phenols is 1. The van der Waals surface area contributed by atoms with E-state index in [1.54, 1.807) is 0 Å². The van der Waals surface area contributed by atoms with Crippen molar-refractivity contribution >= 4 is 23.7 Å². The van der Waals surface area contributed by atoms with E-state index in [-0.39, 0.29) is 30.2 Å². The number of hydrogen-bond donors (Lipinski definition) is 4. The summed E-state index contributed by atoms with van der Waals surface area (Å²) in [5, 5.41) is 24.0. The van der Waals surface area contributed by atoms with Gasteiger partial charge in [-0.15, -0.1) is 6.58 Å². The molecule has 0 saturated carbocycles. The van der Waals surface area contributed by atoms with Crippen LogP contribution in [0.4, 0.5) is 10.5 Å². The van der Waals surface area contributed by atoms with Gasteiger partial charge in [-0.05, 0) is 40.8 Å². The Balaban J connectivity index is 1.40. The third kappa shape index (κ3) is 5.01. The third-order valence-corrected chi connectivity index (χ3v) is 5.85. The minimum Gasteiger partial charge on any atom is -0.507 e. The summed E-state index contributed by atoms with van der Waals surface area (Å²) in [4.78, 5) is 36.4. The van der Waals surface area contributed by atoms with Gasteiger partial charge >= 0.3 is 12.1 Å². The molecule has 1 aliphatic rings. The largest absolute Gasteiger partial charge is 0.507 e. The van der Waals surface area contributed by atoms with Crippen LogP contribution in [0.25, 0.3) is 11.1 Å². The number of benzene rings is 3. The van der Waals surface area contributed by atoms with E-state index in [0.29, 0.717) is 0 Å². The third-order valence-electron chi connectivity index (χ3n) is 5.85. The lowest BCUT2D eigenvalue weighted by Gasteiger charge is -2.19. The Labute approximate surface area is 201 Å². The molecular formula is C27H24N2O6. The van der Waals surface area contributed by atoms with Crippen molar-refractivity contribution in [1.82, 2.24) is 5.32 Å². The molecule has 35 heavy (non-hydrogen) atoms. The van der Waals surface area contributed by atoms with Crippen molar-refractivity contribution < 1.29 is 29.3 Å². The van der Waals surface area contributed by atoms with Gasteiger partial charge in [-0.1, -0.05) is 54.6 Å². The summed E-state index contributed by atoms with van der Waals surface area (Å²) in [6.07, 6.45) is 0.867. The van der Waals surface area contributed by atoms with Gasteiger partial charge in [0.1, 0.15) is 24.0 Å². The van der Waals surface area contributed by atoms with E-state index in [1.165, 1.54) is 18.2 Å². The SMILES string of the molecule is C=CCC(NC(=O)OCC1c2ccccc2-c2ccccc21)C(=O)Nc1ccc(C(=O)O)c(O)c1. The van der Waals surface area contributed by atoms with E-state index in [0.717, 1.165) is 28.3 Å². The molecule has 8 nitrogen and oxygen atoms in total. The normalized spacial score (nSPS) is 12.7. The molecular weight excluding hydrogens is 448 g/mol. The topological polar surface area (TPSA) is 125 Å². The number of alkyl carbamates (subject to hydrolysis) is 1. The lowest BCUT2D eigenvalue weighted by molar-refractivity contribution is -0.118. The maximum Gasteiger partial charge on any atom is 0.407 e. The number of aromatic carboxylic acids is 1. The first-order valence-corrected chi connectivity index (χ1v) is 11.0. The molecule has 0 saturated heterocycles. The molecule has 1 atom stereocenters. The lowest BCUT2D eigenvalue weighted by atomic mass is 9.98. The van der Waals surface area contributed by atoms with Crippen LogP contribution in [0.2, 0.25) is 0 Å². The summed E-state index contributed by atoms with van der Waals surface area (Å²) in [5.41, 5.74) is 4.26. The van der Waals surface area contributed by atoms with E-state index < -0.39 is 29.8 Å². The summed E-state index contributed by atoms with van der Waals surface area (Å²) >= 11 is 0. The highest BCUT2D eigenvalue weighted by molar-refractivity contribution is 5.98. The maximum absolute atomic E-state index is 12.7. The highest BCUT2D eigenvalue weighted by atomic mass is 16.5. The van der Waals surface area contributed by atoms with Crippen LogP contribution in [0, 0.1) is 0 Å². The first kappa shape index (κ1) is 23.6. The van der Waals surface area contributed by atoms with Crippen LogP contribution in [-0.2, 0) is 9.53 Å². The second-order valence-corrected chi connectivity index (χ2v) is 8.07. The summed E-state index contributed by atoms with van der Waals surface area (Å²) < 4.78 is 5.51. The number of amides is 2. The van der Waals surface area contributed by atoms with Gasteiger partial charge in [0.25, 0.3) is 0 Å². The van der Waals surface area contributed by atoms with Crippen molar-refractivity contribution in [1.29, 1.82) is 0 Å². The van der Waals surface area contributed by atoms with Gasteiger partial charge in [0.05, 0.1) is 0 Å². The van der Waals surface area contributed by atoms with Crippen LogP contribution in [0.1, 0.15) is 33.8 Å². The number of rotatable bonds is 8. The Hall–Kier alpha value is -4.59. The molecule has 4 N–H and O–H groups in total. The quantitative estimate of drug-likeness (QED) is 0.358. The van der Waals surface area contributed by atoms with Crippen LogP contribution < -0.4 is 10.6 Å².